The molecule has 60 valence electrons. The van der Waals surface area contributed by atoms with Gasteiger partial charge in [-0.3, -0.25) is 0 Å². The molecule has 0 spiro atoms. The Labute approximate surface area is 66.6 Å². The summed E-state index contributed by atoms with van der Waals surface area (Å²) in [6.45, 7) is 10.5. The molecule has 0 bridgehead atoms. The Morgan fingerprint density at radius 1 is 1.45 bits per heavy atom. The van der Waals surface area contributed by atoms with E-state index in [-0.39, 0.29) is 5.88 Å². The van der Waals surface area contributed by atoms with Gasteiger partial charge in [0.1, 0.15) is 6.72 Å². The summed E-state index contributed by atoms with van der Waals surface area (Å²) in [5.74, 6) is 0.151. The van der Waals surface area contributed by atoms with Crippen LogP contribution >= 0.6 is 0 Å². The molecule has 1 rings (SSSR count). The molecule has 1 saturated heterocycles. The average molecular weight is 153 g/mol. The van der Waals surface area contributed by atoms with Gasteiger partial charge in [-0.05, 0) is 0 Å². The molecule has 0 unspecified atom stereocenters. The number of hydrogen-bond acceptors (Lipinski definition) is 2. The van der Waals surface area contributed by atoms with Gasteiger partial charge >= 0.3 is 0 Å². The Hall–Kier alpha value is -1.21. The van der Waals surface area contributed by atoms with E-state index < -0.39 is 0 Å². The second kappa shape index (κ2) is 3.26. The lowest BCUT2D eigenvalue weighted by atomic mass is 10.4. The third-order valence-electron chi connectivity index (χ3n) is 1.83. The first kappa shape index (κ1) is 7.89. The van der Waals surface area contributed by atoms with Gasteiger partial charge in [-0.1, -0.05) is 12.3 Å². The van der Waals surface area contributed by atoms with Crippen molar-refractivity contribution in [3.8, 4) is 0 Å². The number of hydrogen-bond donors (Lipinski definition) is 1. The molecule has 11 heavy (non-hydrogen) atoms. The van der Waals surface area contributed by atoms with E-state index in [4.69, 9.17) is 0 Å². The van der Waals surface area contributed by atoms with Crippen LogP contribution in [0.5, 0.6) is 0 Å². The molecule has 0 atom stereocenters. The maximum absolute atomic E-state index is 9.20. The Morgan fingerprint density at radius 2 is 2.00 bits per heavy atom. The van der Waals surface area contributed by atoms with E-state index in [1.54, 1.807) is 0 Å². The van der Waals surface area contributed by atoms with Crippen molar-refractivity contribution in [1.29, 1.82) is 0 Å². The molecule has 1 aliphatic rings. The lowest BCUT2D eigenvalue weighted by molar-refractivity contribution is -0.531. The first-order valence-corrected chi connectivity index (χ1v) is 3.63. The van der Waals surface area contributed by atoms with Crippen molar-refractivity contribution < 1.29 is 9.68 Å². The van der Waals surface area contributed by atoms with Crippen molar-refractivity contribution in [2.75, 3.05) is 26.2 Å². The second-order valence-electron chi connectivity index (χ2n) is 2.61. The molecule has 1 aliphatic heterocycles. The van der Waals surface area contributed by atoms with Crippen molar-refractivity contribution in [3.63, 3.8) is 0 Å². The van der Waals surface area contributed by atoms with Crippen LogP contribution in [0.25, 0.3) is 0 Å². The van der Waals surface area contributed by atoms with Crippen LogP contribution in [0.4, 0.5) is 0 Å². The van der Waals surface area contributed by atoms with Crippen LogP contribution < -0.4 is 0 Å². The van der Waals surface area contributed by atoms with Crippen molar-refractivity contribution in [1.82, 2.24) is 4.90 Å². The maximum atomic E-state index is 9.20. The van der Waals surface area contributed by atoms with E-state index in [1.807, 2.05) is 9.48 Å². The van der Waals surface area contributed by atoms with E-state index in [0.717, 1.165) is 26.2 Å². The average Bonchev–Trinajstić information content (AvgIpc) is 2.05. The van der Waals surface area contributed by atoms with Gasteiger partial charge in [0.05, 0.1) is 13.1 Å². The first-order valence-electron chi connectivity index (χ1n) is 3.63. The number of rotatable bonds is 1. The number of nitrogens with zero attached hydrogens (tertiary/aromatic N) is 2. The van der Waals surface area contributed by atoms with E-state index in [1.165, 1.54) is 0 Å². The number of aliphatic hydroxyl groups is 1. The summed E-state index contributed by atoms with van der Waals surface area (Å²) in [7, 11) is 0. The number of piperazine rings is 1. The molecule has 1 heterocycles. The molecule has 0 aromatic carbocycles. The van der Waals surface area contributed by atoms with Gasteiger partial charge in [-0.2, -0.15) is 0 Å². The topological polar surface area (TPSA) is 26.5 Å². The fraction of sp³-hybridized carbons (Fsp3) is 0.500. The first-order chi connectivity index (χ1) is 5.24. The summed E-state index contributed by atoms with van der Waals surface area (Å²) in [6, 6.07) is 0. The molecule has 0 aromatic heterocycles. The van der Waals surface area contributed by atoms with Crippen LogP contribution in [-0.4, -0.2) is 47.5 Å². The zero-order chi connectivity index (χ0) is 8.27. The molecular formula is C8H13N2O+. The molecule has 0 amide bonds. The van der Waals surface area contributed by atoms with Crippen LogP contribution in [0, 0.1) is 0 Å². The minimum atomic E-state index is 0.151. The predicted octanol–water partition coefficient (Wildman–Crippen LogP) is 0.199. The van der Waals surface area contributed by atoms with Gasteiger partial charge in [-0.25, -0.2) is 4.58 Å². The minimum Gasteiger partial charge on any atom is -0.489 e. The second-order valence-corrected chi connectivity index (χ2v) is 2.61. The summed E-state index contributed by atoms with van der Waals surface area (Å²) in [5.41, 5.74) is 2.46. The molecule has 1 N–H and O–H groups in total. The monoisotopic (exact) mass is 153 g/mol. The Bertz CT molecular complexity index is 206. The third-order valence-corrected chi connectivity index (χ3v) is 1.83. The van der Waals surface area contributed by atoms with Gasteiger partial charge in [0.25, 0.3) is 0 Å². The zero-order valence-corrected chi connectivity index (χ0v) is 6.58. The highest BCUT2D eigenvalue weighted by Crippen LogP contribution is 2.01. The van der Waals surface area contributed by atoms with Gasteiger partial charge in [0, 0.05) is 0 Å². The molecular weight excluding hydrogens is 140 g/mol. The Kier molecular flexibility index (Phi) is 2.34. The molecule has 3 heteroatoms. The third kappa shape index (κ3) is 1.85. The summed E-state index contributed by atoms with van der Waals surface area (Å²) in [5, 5.41) is 9.20. The maximum Gasteiger partial charge on any atom is 0.233 e. The smallest absolute Gasteiger partial charge is 0.233 e. The van der Waals surface area contributed by atoms with E-state index in [0.29, 0.717) is 0 Å². The predicted molar refractivity (Wildman–Crippen MR) is 44.0 cm³/mol. The van der Waals surface area contributed by atoms with Crippen molar-refractivity contribution in [2.45, 2.75) is 0 Å². The van der Waals surface area contributed by atoms with Gasteiger partial charge in [0.2, 0.25) is 5.88 Å². The fourth-order valence-electron chi connectivity index (χ4n) is 1.07. The quantitative estimate of drug-likeness (QED) is 0.331. The molecule has 0 aromatic rings. The van der Waals surface area contributed by atoms with Gasteiger partial charge < -0.3 is 10.0 Å². The number of aliphatic hydroxyl groups excluding tert-OH is 1. The van der Waals surface area contributed by atoms with Crippen molar-refractivity contribution in [2.24, 2.45) is 0 Å². The van der Waals surface area contributed by atoms with E-state index >= 15 is 0 Å². The molecule has 3 nitrogen and oxygen atoms in total. The highest BCUT2D eigenvalue weighted by Gasteiger charge is 2.17. The largest absolute Gasteiger partial charge is 0.489 e. The SMILES string of the molecule is C=C=C(O)N1CC[N+](=C)CC1. The summed E-state index contributed by atoms with van der Waals surface area (Å²) in [6.07, 6.45) is 0. The molecule has 0 radical (unpaired) electrons. The highest BCUT2D eigenvalue weighted by molar-refractivity contribution is 5.14. The van der Waals surface area contributed by atoms with Gasteiger partial charge in [-0.15, -0.1) is 0 Å². The highest BCUT2D eigenvalue weighted by atomic mass is 16.3. The van der Waals surface area contributed by atoms with Crippen LogP contribution in [0.3, 0.4) is 0 Å². The Morgan fingerprint density at radius 3 is 2.45 bits per heavy atom. The zero-order valence-electron chi connectivity index (χ0n) is 6.58. The molecule has 0 aliphatic carbocycles. The summed E-state index contributed by atoms with van der Waals surface area (Å²) < 4.78 is 1.98. The van der Waals surface area contributed by atoms with Gasteiger partial charge in [0.15, 0.2) is 13.1 Å². The Balaban J connectivity index is 2.52. The van der Waals surface area contributed by atoms with Crippen molar-refractivity contribution in [3.05, 3.63) is 18.2 Å². The standard InChI is InChI=1S/C8H12N2O/c1-3-8(11)10-6-4-9(2)5-7-10/h1-2,4-7H2/p+1. The summed E-state index contributed by atoms with van der Waals surface area (Å²) in [4.78, 5) is 1.84. The van der Waals surface area contributed by atoms with Crippen LogP contribution in [0.2, 0.25) is 0 Å². The minimum absolute atomic E-state index is 0.151. The molecule has 1 fully saturated rings. The molecule has 0 saturated carbocycles. The fourth-order valence-corrected chi connectivity index (χ4v) is 1.07. The van der Waals surface area contributed by atoms with Crippen LogP contribution in [-0.2, 0) is 0 Å². The normalized spacial score (nSPS) is 17.8. The lowest BCUT2D eigenvalue weighted by Crippen LogP contribution is -2.40. The van der Waals surface area contributed by atoms with Crippen LogP contribution in [0.1, 0.15) is 0 Å². The van der Waals surface area contributed by atoms with Crippen LogP contribution in [0.15, 0.2) is 18.2 Å². The van der Waals surface area contributed by atoms with Crippen molar-refractivity contribution >= 4 is 6.72 Å². The lowest BCUT2D eigenvalue weighted by Gasteiger charge is -2.24. The van der Waals surface area contributed by atoms with E-state index in [2.05, 4.69) is 19.0 Å². The van der Waals surface area contributed by atoms with E-state index in [9.17, 15) is 5.11 Å². The summed E-state index contributed by atoms with van der Waals surface area (Å²) >= 11 is 0.